The molecule has 0 fully saturated rings. The maximum atomic E-state index is 13.1. The minimum absolute atomic E-state index is 0.0170. The molecule has 0 spiro atoms. The lowest BCUT2D eigenvalue weighted by Gasteiger charge is -2.18. The van der Waals surface area contributed by atoms with Crippen LogP contribution in [-0.2, 0) is 15.5 Å². The molecule has 0 atom stereocenters. The molecule has 0 aromatic heterocycles. The van der Waals surface area contributed by atoms with Gasteiger partial charge in [-0.3, -0.25) is 4.79 Å². The van der Waals surface area contributed by atoms with Crippen molar-refractivity contribution in [3.8, 4) is 11.5 Å². The zero-order valence-electron chi connectivity index (χ0n) is 17.8. The Kier molecular flexibility index (Phi) is 5.38. The number of rotatable bonds is 4. The highest BCUT2D eigenvalue weighted by Gasteiger charge is 2.28. The van der Waals surface area contributed by atoms with E-state index < -0.39 is 15.9 Å². The van der Waals surface area contributed by atoms with Gasteiger partial charge < -0.3 is 8.92 Å². The van der Waals surface area contributed by atoms with Gasteiger partial charge in [-0.2, -0.15) is 8.42 Å². The van der Waals surface area contributed by atoms with Gasteiger partial charge in [0.05, 0.1) is 5.56 Å². The first-order valence-corrected chi connectivity index (χ1v) is 11.3. The molecule has 3 aromatic rings. The van der Waals surface area contributed by atoms with Crippen LogP contribution in [-0.4, -0.2) is 14.2 Å². The van der Waals surface area contributed by atoms with Crippen LogP contribution in [0.2, 0.25) is 0 Å². The summed E-state index contributed by atoms with van der Waals surface area (Å²) < 4.78 is 48.7. The van der Waals surface area contributed by atoms with Gasteiger partial charge in [0.25, 0.3) is 0 Å². The third-order valence-corrected chi connectivity index (χ3v) is 6.29. The van der Waals surface area contributed by atoms with E-state index in [1.807, 2.05) is 24.3 Å². The maximum Gasteiger partial charge on any atom is 0.339 e. The standard InChI is InChI=1S/C25H21FO5S/c1-25(2,3)17-6-4-16(5-7-17)14-23-24(27)21-13-10-19(15-22(21)30-23)31-32(28,29)20-11-8-18(26)9-12-20/h4-15H,1-3H3. The van der Waals surface area contributed by atoms with Crippen LogP contribution in [0.3, 0.4) is 0 Å². The molecular formula is C25H21FO5S. The van der Waals surface area contributed by atoms with Crippen LogP contribution >= 0.6 is 0 Å². The highest BCUT2D eigenvalue weighted by Crippen LogP contribution is 2.36. The molecule has 0 saturated carbocycles. The fourth-order valence-electron chi connectivity index (χ4n) is 3.23. The molecule has 32 heavy (non-hydrogen) atoms. The van der Waals surface area contributed by atoms with E-state index >= 15 is 0 Å². The number of carbonyl (C=O) groups is 1. The Morgan fingerprint density at radius 2 is 1.59 bits per heavy atom. The zero-order chi connectivity index (χ0) is 23.1. The third-order valence-electron chi connectivity index (χ3n) is 5.02. The van der Waals surface area contributed by atoms with E-state index in [1.54, 1.807) is 6.08 Å². The molecule has 164 valence electrons. The van der Waals surface area contributed by atoms with Gasteiger partial charge in [-0.1, -0.05) is 45.0 Å². The Balaban J connectivity index is 1.56. The van der Waals surface area contributed by atoms with E-state index in [9.17, 15) is 17.6 Å². The summed E-state index contributed by atoms with van der Waals surface area (Å²) in [5, 5.41) is 0. The summed E-state index contributed by atoms with van der Waals surface area (Å²) in [5.41, 5.74) is 2.32. The average molecular weight is 453 g/mol. The molecular weight excluding hydrogens is 431 g/mol. The Morgan fingerprint density at radius 1 is 0.938 bits per heavy atom. The molecule has 0 radical (unpaired) electrons. The predicted octanol–water partition coefficient (Wildman–Crippen LogP) is 5.51. The molecule has 0 unspecified atom stereocenters. The number of hydrogen-bond acceptors (Lipinski definition) is 5. The smallest absolute Gasteiger partial charge is 0.339 e. The van der Waals surface area contributed by atoms with Crippen molar-refractivity contribution in [1.82, 2.24) is 0 Å². The Morgan fingerprint density at radius 3 is 2.22 bits per heavy atom. The van der Waals surface area contributed by atoms with Gasteiger partial charge >= 0.3 is 10.1 Å². The molecule has 0 amide bonds. The lowest BCUT2D eigenvalue weighted by atomic mass is 9.86. The van der Waals surface area contributed by atoms with E-state index in [4.69, 9.17) is 8.92 Å². The molecule has 0 saturated heterocycles. The molecule has 0 aliphatic carbocycles. The summed E-state index contributed by atoms with van der Waals surface area (Å²) in [6.45, 7) is 6.37. The van der Waals surface area contributed by atoms with Crippen LogP contribution in [0.5, 0.6) is 11.5 Å². The first-order valence-electron chi connectivity index (χ1n) is 9.92. The SMILES string of the molecule is CC(C)(C)c1ccc(C=C2Oc3cc(OS(=O)(=O)c4ccc(F)cc4)ccc3C2=O)cc1. The van der Waals surface area contributed by atoms with E-state index in [0.717, 1.165) is 29.8 Å². The second-order valence-electron chi connectivity index (χ2n) is 8.46. The number of benzene rings is 3. The van der Waals surface area contributed by atoms with Gasteiger partial charge in [0, 0.05) is 6.07 Å². The number of ketones is 1. The van der Waals surface area contributed by atoms with Gasteiger partial charge in [0.1, 0.15) is 22.2 Å². The minimum Gasteiger partial charge on any atom is -0.452 e. The Bertz CT molecular complexity index is 1320. The number of fused-ring (bicyclic) bond motifs is 1. The lowest BCUT2D eigenvalue weighted by molar-refractivity contribution is 0.101. The quantitative estimate of drug-likeness (QED) is 0.386. The van der Waals surface area contributed by atoms with Gasteiger partial charge in [-0.25, -0.2) is 4.39 Å². The lowest BCUT2D eigenvalue weighted by Crippen LogP contribution is -2.10. The fraction of sp³-hybridized carbons (Fsp3) is 0.160. The van der Waals surface area contributed by atoms with Crippen LogP contribution in [0.25, 0.3) is 6.08 Å². The minimum atomic E-state index is -4.16. The van der Waals surface area contributed by atoms with Crippen molar-refractivity contribution in [2.75, 3.05) is 0 Å². The Labute approximate surface area is 186 Å². The first kappa shape index (κ1) is 21.8. The molecule has 4 rings (SSSR count). The van der Waals surface area contributed by atoms with Crippen LogP contribution < -0.4 is 8.92 Å². The summed E-state index contributed by atoms with van der Waals surface area (Å²) in [6, 6.07) is 16.3. The van der Waals surface area contributed by atoms with Crippen molar-refractivity contribution >= 4 is 22.0 Å². The van der Waals surface area contributed by atoms with Crippen LogP contribution in [0.4, 0.5) is 4.39 Å². The number of Topliss-reactive ketones (excluding diaryl/α,β-unsaturated/α-hetero) is 1. The first-order chi connectivity index (χ1) is 15.0. The van der Waals surface area contributed by atoms with Gasteiger partial charge in [-0.15, -0.1) is 0 Å². The number of ether oxygens (including phenoxy) is 1. The van der Waals surface area contributed by atoms with Crippen molar-refractivity contribution in [1.29, 1.82) is 0 Å². The molecule has 3 aromatic carbocycles. The summed E-state index contributed by atoms with van der Waals surface area (Å²) >= 11 is 0. The van der Waals surface area contributed by atoms with Crippen molar-refractivity contribution in [3.63, 3.8) is 0 Å². The molecule has 0 N–H and O–H groups in total. The van der Waals surface area contributed by atoms with Crippen molar-refractivity contribution < 1.29 is 26.5 Å². The summed E-state index contributed by atoms with van der Waals surface area (Å²) in [4.78, 5) is 12.5. The van der Waals surface area contributed by atoms with Crippen molar-refractivity contribution in [3.05, 3.63) is 95.0 Å². The largest absolute Gasteiger partial charge is 0.452 e. The molecule has 0 bridgehead atoms. The fourth-order valence-corrected chi connectivity index (χ4v) is 4.15. The van der Waals surface area contributed by atoms with Gasteiger partial charge in [0.15, 0.2) is 5.76 Å². The Hall–Kier alpha value is -3.45. The molecule has 1 heterocycles. The normalized spacial score (nSPS) is 14.9. The summed E-state index contributed by atoms with van der Waals surface area (Å²) in [7, 11) is -4.16. The van der Waals surface area contributed by atoms with E-state index in [2.05, 4.69) is 20.8 Å². The molecule has 1 aliphatic rings. The van der Waals surface area contributed by atoms with Crippen LogP contribution in [0.15, 0.2) is 77.4 Å². The number of halogens is 1. The zero-order valence-corrected chi connectivity index (χ0v) is 18.6. The van der Waals surface area contributed by atoms with E-state index in [0.29, 0.717) is 5.56 Å². The monoisotopic (exact) mass is 452 g/mol. The molecule has 7 heteroatoms. The van der Waals surface area contributed by atoms with Crippen molar-refractivity contribution in [2.45, 2.75) is 31.1 Å². The second-order valence-corrected chi connectivity index (χ2v) is 10.0. The van der Waals surface area contributed by atoms with Gasteiger partial charge in [-0.05, 0) is 59.0 Å². The molecule has 5 nitrogen and oxygen atoms in total. The van der Waals surface area contributed by atoms with E-state index in [1.165, 1.54) is 23.8 Å². The third kappa shape index (κ3) is 4.43. The van der Waals surface area contributed by atoms with Crippen LogP contribution in [0, 0.1) is 5.82 Å². The maximum absolute atomic E-state index is 13.1. The highest BCUT2D eigenvalue weighted by molar-refractivity contribution is 7.87. The van der Waals surface area contributed by atoms with Crippen molar-refractivity contribution in [2.24, 2.45) is 0 Å². The average Bonchev–Trinajstić information content (AvgIpc) is 3.02. The van der Waals surface area contributed by atoms with Crippen LogP contribution in [0.1, 0.15) is 42.3 Å². The highest BCUT2D eigenvalue weighted by atomic mass is 32.2. The summed E-state index contributed by atoms with van der Waals surface area (Å²) in [6.07, 6.45) is 1.64. The molecule has 1 aliphatic heterocycles. The summed E-state index contributed by atoms with van der Waals surface area (Å²) in [5.74, 6) is -0.522. The van der Waals surface area contributed by atoms with Gasteiger partial charge in [0.2, 0.25) is 5.78 Å². The number of hydrogen-bond donors (Lipinski definition) is 0. The number of allylic oxidation sites excluding steroid dienone is 1. The topological polar surface area (TPSA) is 69.7 Å². The second kappa shape index (κ2) is 7.91. The van der Waals surface area contributed by atoms with E-state index in [-0.39, 0.29) is 33.4 Å². The predicted molar refractivity (Wildman–Crippen MR) is 119 cm³/mol. The number of carbonyl (C=O) groups excluding carboxylic acids is 1.